The lowest BCUT2D eigenvalue weighted by Crippen LogP contribution is -2.20. The third kappa shape index (κ3) is 6.10. The molecule has 0 heterocycles. The van der Waals surface area contributed by atoms with Crippen molar-refractivity contribution in [2.45, 2.75) is 33.6 Å². The molecule has 0 aliphatic carbocycles. The molecule has 6 heteroatoms. The fourth-order valence-electron chi connectivity index (χ4n) is 2.59. The van der Waals surface area contributed by atoms with Crippen LogP contribution < -0.4 is 14.9 Å². The van der Waals surface area contributed by atoms with Crippen molar-refractivity contribution in [3.63, 3.8) is 0 Å². The number of hydrazone groups is 1. The van der Waals surface area contributed by atoms with Gasteiger partial charge in [0.15, 0.2) is 11.5 Å². The van der Waals surface area contributed by atoms with Gasteiger partial charge in [0.1, 0.15) is 0 Å². The fraction of sp³-hybridized carbons (Fsp3) is 0.333. The molecular weight excluding hydrogens is 408 g/mol. The molecule has 5 nitrogen and oxygen atoms in total. The molecule has 0 aromatic heterocycles. The minimum atomic E-state index is -0.160. The van der Waals surface area contributed by atoms with Gasteiger partial charge in [0, 0.05) is 0 Å². The summed E-state index contributed by atoms with van der Waals surface area (Å²) in [5.74, 6) is 1.11. The van der Waals surface area contributed by atoms with Crippen molar-refractivity contribution in [3.05, 3.63) is 57.1 Å². The predicted octanol–water partition coefficient (Wildman–Crippen LogP) is 4.56. The van der Waals surface area contributed by atoms with E-state index < -0.39 is 0 Å². The highest BCUT2D eigenvalue weighted by molar-refractivity contribution is 9.10. The molecule has 2 rings (SSSR count). The van der Waals surface area contributed by atoms with E-state index in [1.807, 2.05) is 45.0 Å². The third-order valence-corrected chi connectivity index (χ3v) is 4.54. The summed E-state index contributed by atoms with van der Waals surface area (Å²) in [6.07, 6.45) is 2.78. The largest absolute Gasteiger partial charge is 0.493 e. The molecule has 0 saturated carbocycles. The Morgan fingerprint density at radius 3 is 2.70 bits per heavy atom. The number of rotatable bonds is 8. The summed E-state index contributed by atoms with van der Waals surface area (Å²) in [6.45, 7) is 6.69. The number of nitrogens with one attached hydrogen (secondary N) is 1. The van der Waals surface area contributed by atoms with E-state index in [0.29, 0.717) is 24.5 Å². The number of halogens is 1. The van der Waals surface area contributed by atoms with Crippen LogP contribution >= 0.6 is 15.9 Å². The summed E-state index contributed by atoms with van der Waals surface area (Å²) >= 11 is 3.49. The van der Waals surface area contributed by atoms with E-state index in [2.05, 4.69) is 32.5 Å². The van der Waals surface area contributed by atoms with Gasteiger partial charge in [-0.1, -0.05) is 30.7 Å². The summed E-state index contributed by atoms with van der Waals surface area (Å²) in [7, 11) is 1.59. The second kappa shape index (κ2) is 10.1. The van der Waals surface area contributed by atoms with Gasteiger partial charge in [-0.2, -0.15) is 5.10 Å². The Labute approximate surface area is 168 Å². The minimum absolute atomic E-state index is 0.160. The van der Waals surface area contributed by atoms with Gasteiger partial charge in [0.2, 0.25) is 5.91 Å². The smallest absolute Gasteiger partial charge is 0.244 e. The Hall–Kier alpha value is -2.34. The van der Waals surface area contributed by atoms with E-state index in [-0.39, 0.29) is 5.91 Å². The molecule has 0 atom stereocenters. The monoisotopic (exact) mass is 432 g/mol. The van der Waals surface area contributed by atoms with Crippen LogP contribution in [0.5, 0.6) is 11.5 Å². The lowest BCUT2D eigenvalue weighted by atomic mass is 10.0. The van der Waals surface area contributed by atoms with E-state index in [1.54, 1.807) is 13.3 Å². The Morgan fingerprint density at radius 1 is 1.26 bits per heavy atom. The van der Waals surface area contributed by atoms with Crippen LogP contribution in [0.1, 0.15) is 35.6 Å². The zero-order valence-electron chi connectivity index (χ0n) is 16.1. The second-order valence-electron chi connectivity index (χ2n) is 6.28. The van der Waals surface area contributed by atoms with Crippen LogP contribution in [-0.2, 0) is 11.2 Å². The lowest BCUT2D eigenvalue weighted by Gasteiger charge is -2.12. The minimum Gasteiger partial charge on any atom is -0.493 e. The van der Waals surface area contributed by atoms with E-state index >= 15 is 0 Å². The second-order valence-corrected chi connectivity index (χ2v) is 7.14. The van der Waals surface area contributed by atoms with Crippen molar-refractivity contribution >= 4 is 28.1 Å². The maximum Gasteiger partial charge on any atom is 0.244 e. The van der Waals surface area contributed by atoms with Gasteiger partial charge in [0.05, 0.1) is 30.8 Å². The van der Waals surface area contributed by atoms with Crippen molar-refractivity contribution in [2.24, 2.45) is 5.10 Å². The lowest BCUT2D eigenvalue weighted by molar-refractivity contribution is -0.120. The molecule has 2 aromatic carbocycles. The Bertz CT molecular complexity index is 834. The Morgan fingerprint density at radius 2 is 2.04 bits per heavy atom. The van der Waals surface area contributed by atoms with Gasteiger partial charge in [-0.3, -0.25) is 4.79 Å². The van der Waals surface area contributed by atoms with Gasteiger partial charge in [-0.05, 0) is 65.0 Å². The van der Waals surface area contributed by atoms with E-state index in [1.165, 1.54) is 5.56 Å². The number of benzene rings is 2. The topological polar surface area (TPSA) is 59.9 Å². The van der Waals surface area contributed by atoms with E-state index in [4.69, 9.17) is 9.47 Å². The quantitative estimate of drug-likeness (QED) is 0.491. The molecule has 0 aliphatic heterocycles. The molecule has 1 N–H and O–H groups in total. The maximum absolute atomic E-state index is 12.1. The number of amides is 1. The van der Waals surface area contributed by atoms with Crippen LogP contribution in [0.4, 0.5) is 0 Å². The van der Waals surface area contributed by atoms with Gasteiger partial charge in [0.25, 0.3) is 0 Å². The number of hydrogen-bond acceptors (Lipinski definition) is 4. The van der Waals surface area contributed by atoms with E-state index in [9.17, 15) is 4.79 Å². The zero-order valence-corrected chi connectivity index (χ0v) is 17.7. The van der Waals surface area contributed by atoms with Gasteiger partial charge in [-0.15, -0.1) is 0 Å². The third-order valence-electron chi connectivity index (χ3n) is 3.95. The van der Waals surface area contributed by atoms with Crippen LogP contribution in [0.15, 0.2) is 39.9 Å². The summed E-state index contributed by atoms with van der Waals surface area (Å²) in [5, 5.41) is 4.05. The molecule has 0 aliphatic rings. The number of nitrogens with zero attached hydrogens (tertiary/aromatic N) is 1. The zero-order chi connectivity index (χ0) is 19.8. The number of aryl methyl sites for hydroxylation is 2. The highest BCUT2D eigenvalue weighted by Crippen LogP contribution is 2.36. The SMILES string of the molecule is CCCOc1c(Br)cc(/C=N\NC(=O)Cc2ccc(C)cc2C)cc1OC. The number of ether oxygens (including phenoxy) is 2. The maximum atomic E-state index is 12.1. The van der Waals surface area contributed by atoms with Crippen molar-refractivity contribution in [1.29, 1.82) is 0 Å². The number of carbonyl (C=O) groups excluding carboxylic acids is 1. The van der Waals surface area contributed by atoms with Crippen molar-refractivity contribution < 1.29 is 14.3 Å². The molecule has 0 radical (unpaired) electrons. The van der Waals surface area contributed by atoms with Crippen LogP contribution in [0.25, 0.3) is 0 Å². The first-order valence-electron chi connectivity index (χ1n) is 8.83. The van der Waals surface area contributed by atoms with Gasteiger partial charge < -0.3 is 9.47 Å². The standard InChI is InChI=1S/C21H25BrN2O3/c1-5-8-27-21-18(22)10-16(11-19(21)26-4)13-23-24-20(25)12-17-7-6-14(2)9-15(17)3/h6-7,9-11,13H,5,8,12H2,1-4H3,(H,24,25)/b23-13-. The van der Waals surface area contributed by atoms with Gasteiger partial charge >= 0.3 is 0 Å². The molecule has 144 valence electrons. The normalized spacial score (nSPS) is 10.9. The molecule has 0 spiro atoms. The first-order chi connectivity index (χ1) is 12.9. The first kappa shape index (κ1) is 21.0. The molecule has 0 unspecified atom stereocenters. The van der Waals surface area contributed by atoms with Crippen LogP contribution in [0, 0.1) is 13.8 Å². The van der Waals surface area contributed by atoms with Crippen LogP contribution in [-0.4, -0.2) is 25.8 Å². The van der Waals surface area contributed by atoms with Crippen molar-refractivity contribution in [2.75, 3.05) is 13.7 Å². The van der Waals surface area contributed by atoms with E-state index in [0.717, 1.165) is 27.6 Å². The highest BCUT2D eigenvalue weighted by atomic mass is 79.9. The van der Waals surface area contributed by atoms with Crippen molar-refractivity contribution in [1.82, 2.24) is 5.43 Å². The summed E-state index contributed by atoms with van der Waals surface area (Å²) in [4.78, 5) is 12.1. The predicted molar refractivity (Wildman–Crippen MR) is 112 cm³/mol. The van der Waals surface area contributed by atoms with Crippen LogP contribution in [0.2, 0.25) is 0 Å². The summed E-state index contributed by atoms with van der Waals surface area (Å²) in [5.41, 5.74) is 6.64. The highest BCUT2D eigenvalue weighted by Gasteiger charge is 2.11. The molecule has 0 bridgehead atoms. The molecule has 1 amide bonds. The molecular formula is C21H25BrN2O3. The summed E-state index contributed by atoms with van der Waals surface area (Å²) in [6, 6.07) is 9.73. The average Bonchev–Trinajstić information content (AvgIpc) is 2.63. The Balaban J connectivity index is 2.02. The number of methoxy groups -OCH3 is 1. The number of carbonyl (C=O) groups is 1. The summed E-state index contributed by atoms with van der Waals surface area (Å²) < 4.78 is 11.9. The average molecular weight is 433 g/mol. The van der Waals surface area contributed by atoms with Crippen LogP contribution in [0.3, 0.4) is 0 Å². The van der Waals surface area contributed by atoms with Crippen molar-refractivity contribution in [3.8, 4) is 11.5 Å². The Kier molecular flexibility index (Phi) is 7.85. The molecule has 27 heavy (non-hydrogen) atoms. The molecule has 0 saturated heterocycles. The first-order valence-corrected chi connectivity index (χ1v) is 9.62. The fourth-order valence-corrected chi connectivity index (χ4v) is 3.17. The molecule has 0 fully saturated rings. The molecule has 2 aromatic rings. The van der Waals surface area contributed by atoms with Gasteiger partial charge in [-0.25, -0.2) is 5.43 Å². The number of hydrogen-bond donors (Lipinski definition) is 1.